The number of aliphatic hydroxyl groups is 1. The predicted octanol–water partition coefficient (Wildman–Crippen LogP) is 1.11. The number of carbonyl (C=O) groups is 1. The molecule has 1 aromatic heterocycles. The number of nitrogens with one attached hydrogen (secondary N) is 1. The number of carbonyl (C=O) groups excluding carboxylic acids is 1. The van der Waals surface area contributed by atoms with Crippen LogP contribution in [0.4, 0.5) is 10.2 Å². The molecule has 0 aromatic carbocycles. The molecule has 6 heteroatoms. The molecule has 1 amide bonds. The predicted molar refractivity (Wildman–Crippen MR) is 67.0 cm³/mol. The molecule has 0 spiro atoms. The summed E-state index contributed by atoms with van der Waals surface area (Å²) in [6.07, 6.45) is 1.05. The van der Waals surface area contributed by atoms with Gasteiger partial charge in [0.05, 0.1) is 18.4 Å². The van der Waals surface area contributed by atoms with Gasteiger partial charge in [-0.25, -0.2) is 9.37 Å². The smallest absolute Gasteiger partial charge is 0.258 e. The summed E-state index contributed by atoms with van der Waals surface area (Å²) in [5.41, 5.74) is 0.166. The Morgan fingerprint density at radius 3 is 2.78 bits per heavy atom. The molecule has 0 unspecified atom stereocenters. The number of pyridine rings is 1. The zero-order valence-electron chi connectivity index (χ0n) is 10.8. The fourth-order valence-corrected chi connectivity index (χ4v) is 1.66. The molecular weight excluding hydrogens is 237 g/mol. The van der Waals surface area contributed by atoms with Crippen molar-refractivity contribution in [2.24, 2.45) is 0 Å². The minimum Gasteiger partial charge on any atom is -0.395 e. The van der Waals surface area contributed by atoms with Crippen LogP contribution in [0, 0.1) is 5.82 Å². The third-order valence-corrected chi connectivity index (χ3v) is 2.55. The van der Waals surface area contributed by atoms with Crippen LogP contribution in [-0.2, 0) is 0 Å². The third-order valence-electron chi connectivity index (χ3n) is 2.55. The monoisotopic (exact) mass is 255 g/mol. The molecular formula is C12H18FN3O2. The number of hydrogen-bond acceptors (Lipinski definition) is 4. The lowest BCUT2D eigenvalue weighted by atomic mass is 10.2. The Kier molecular flexibility index (Phi) is 5.03. The van der Waals surface area contributed by atoms with Gasteiger partial charge >= 0.3 is 0 Å². The fourth-order valence-electron chi connectivity index (χ4n) is 1.66. The van der Waals surface area contributed by atoms with E-state index in [-0.39, 0.29) is 30.7 Å². The van der Waals surface area contributed by atoms with Gasteiger partial charge in [-0.05, 0) is 19.9 Å². The number of amides is 1. The second-order valence-corrected chi connectivity index (χ2v) is 4.12. The topological polar surface area (TPSA) is 65.5 Å². The molecule has 0 saturated heterocycles. The molecule has 2 N–H and O–H groups in total. The van der Waals surface area contributed by atoms with Gasteiger partial charge in [0, 0.05) is 19.6 Å². The summed E-state index contributed by atoms with van der Waals surface area (Å²) in [5.74, 6) is -0.592. The first kappa shape index (κ1) is 14.4. The summed E-state index contributed by atoms with van der Waals surface area (Å²) in [7, 11) is 1.61. The van der Waals surface area contributed by atoms with Crippen LogP contribution >= 0.6 is 0 Å². The minimum absolute atomic E-state index is 0.0855. The quantitative estimate of drug-likeness (QED) is 0.827. The van der Waals surface area contributed by atoms with Crippen LogP contribution in [-0.4, -0.2) is 47.1 Å². The molecule has 0 fully saturated rings. The van der Waals surface area contributed by atoms with Crippen molar-refractivity contribution >= 4 is 11.7 Å². The van der Waals surface area contributed by atoms with Gasteiger partial charge < -0.3 is 15.3 Å². The van der Waals surface area contributed by atoms with E-state index in [1.807, 2.05) is 13.8 Å². The second kappa shape index (κ2) is 6.30. The number of nitrogens with zero attached hydrogens (tertiary/aromatic N) is 2. The van der Waals surface area contributed by atoms with Crippen molar-refractivity contribution < 1.29 is 14.3 Å². The maximum absolute atomic E-state index is 13.2. The summed E-state index contributed by atoms with van der Waals surface area (Å²) in [6, 6.07) is 1.06. The molecule has 5 nitrogen and oxygen atoms in total. The van der Waals surface area contributed by atoms with E-state index in [2.05, 4.69) is 10.3 Å². The molecule has 18 heavy (non-hydrogen) atoms. The van der Waals surface area contributed by atoms with Gasteiger partial charge in [-0.2, -0.15) is 0 Å². The fraction of sp³-hybridized carbons (Fsp3) is 0.500. The van der Waals surface area contributed by atoms with E-state index >= 15 is 0 Å². The van der Waals surface area contributed by atoms with Crippen molar-refractivity contribution in [3.05, 3.63) is 23.6 Å². The van der Waals surface area contributed by atoms with Gasteiger partial charge in [0.25, 0.3) is 5.91 Å². The van der Waals surface area contributed by atoms with E-state index in [1.165, 1.54) is 4.90 Å². The molecule has 0 aliphatic heterocycles. The van der Waals surface area contributed by atoms with Crippen LogP contribution < -0.4 is 5.32 Å². The number of aromatic nitrogens is 1. The van der Waals surface area contributed by atoms with Crippen molar-refractivity contribution in [3.8, 4) is 0 Å². The highest BCUT2D eigenvalue weighted by Crippen LogP contribution is 2.16. The molecule has 0 bridgehead atoms. The summed E-state index contributed by atoms with van der Waals surface area (Å²) < 4.78 is 13.2. The molecule has 100 valence electrons. The summed E-state index contributed by atoms with van der Waals surface area (Å²) in [6.45, 7) is 3.73. The number of halogens is 1. The lowest BCUT2D eigenvalue weighted by molar-refractivity contribution is 0.0665. The van der Waals surface area contributed by atoms with E-state index in [9.17, 15) is 9.18 Å². The Labute approximate surface area is 106 Å². The number of hydrogen-bond donors (Lipinski definition) is 2. The van der Waals surface area contributed by atoms with Gasteiger partial charge in [-0.1, -0.05) is 0 Å². The molecule has 0 aliphatic carbocycles. The zero-order chi connectivity index (χ0) is 13.7. The van der Waals surface area contributed by atoms with Crippen LogP contribution in [0.15, 0.2) is 12.3 Å². The Morgan fingerprint density at radius 2 is 2.28 bits per heavy atom. The van der Waals surface area contributed by atoms with Crippen LogP contribution in [0.25, 0.3) is 0 Å². The first-order valence-corrected chi connectivity index (χ1v) is 5.76. The summed E-state index contributed by atoms with van der Waals surface area (Å²) >= 11 is 0. The van der Waals surface area contributed by atoms with Crippen molar-refractivity contribution in [2.75, 3.05) is 25.5 Å². The van der Waals surface area contributed by atoms with Crippen molar-refractivity contribution in [1.82, 2.24) is 9.88 Å². The van der Waals surface area contributed by atoms with E-state index in [4.69, 9.17) is 5.11 Å². The summed E-state index contributed by atoms with van der Waals surface area (Å²) in [4.78, 5) is 17.6. The van der Waals surface area contributed by atoms with Crippen LogP contribution in [0.2, 0.25) is 0 Å². The summed E-state index contributed by atoms with van der Waals surface area (Å²) in [5, 5.41) is 11.7. The largest absolute Gasteiger partial charge is 0.395 e. The van der Waals surface area contributed by atoms with Crippen LogP contribution in [0.1, 0.15) is 24.2 Å². The molecule has 0 saturated carbocycles. The third kappa shape index (κ3) is 3.16. The first-order valence-electron chi connectivity index (χ1n) is 5.76. The van der Waals surface area contributed by atoms with Gasteiger partial charge in [0.15, 0.2) is 0 Å². The molecule has 0 aliphatic rings. The Morgan fingerprint density at radius 1 is 1.61 bits per heavy atom. The first-order chi connectivity index (χ1) is 8.51. The maximum Gasteiger partial charge on any atom is 0.258 e. The number of anilines is 1. The van der Waals surface area contributed by atoms with Crippen molar-refractivity contribution in [1.29, 1.82) is 0 Å². The zero-order valence-corrected chi connectivity index (χ0v) is 10.8. The molecule has 1 rings (SSSR count). The van der Waals surface area contributed by atoms with Gasteiger partial charge in [-0.3, -0.25) is 4.79 Å². The molecule has 0 radical (unpaired) electrons. The van der Waals surface area contributed by atoms with Crippen molar-refractivity contribution in [2.45, 2.75) is 19.9 Å². The highest BCUT2D eigenvalue weighted by molar-refractivity contribution is 5.98. The number of rotatable bonds is 5. The molecule has 1 heterocycles. The Hall–Kier alpha value is -1.69. The van der Waals surface area contributed by atoms with E-state index in [0.29, 0.717) is 5.82 Å². The Bertz CT molecular complexity index is 424. The second-order valence-electron chi connectivity index (χ2n) is 4.12. The SMILES string of the molecule is CNc1ncc(F)cc1C(=O)N(CCO)C(C)C. The molecule has 0 atom stereocenters. The van der Waals surface area contributed by atoms with Gasteiger partial charge in [0.1, 0.15) is 11.6 Å². The minimum atomic E-state index is -0.565. The molecule has 1 aromatic rings. The lowest BCUT2D eigenvalue weighted by Gasteiger charge is -2.26. The van der Waals surface area contributed by atoms with E-state index < -0.39 is 5.82 Å². The van der Waals surface area contributed by atoms with Crippen molar-refractivity contribution in [3.63, 3.8) is 0 Å². The average molecular weight is 255 g/mol. The number of aliphatic hydroxyl groups excluding tert-OH is 1. The van der Waals surface area contributed by atoms with Gasteiger partial charge in [-0.15, -0.1) is 0 Å². The van der Waals surface area contributed by atoms with E-state index in [1.54, 1.807) is 7.05 Å². The van der Waals surface area contributed by atoms with E-state index in [0.717, 1.165) is 12.3 Å². The van der Waals surface area contributed by atoms with Gasteiger partial charge in [0.2, 0.25) is 0 Å². The lowest BCUT2D eigenvalue weighted by Crippen LogP contribution is -2.39. The highest BCUT2D eigenvalue weighted by Gasteiger charge is 2.22. The average Bonchev–Trinajstić information content (AvgIpc) is 2.34. The normalized spacial score (nSPS) is 10.6. The maximum atomic E-state index is 13.2. The highest BCUT2D eigenvalue weighted by atomic mass is 19.1. The van der Waals surface area contributed by atoms with Crippen LogP contribution in [0.5, 0.6) is 0 Å². The Balaban J connectivity index is 3.11. The van der Waals surface area contributed by atoms with Crippen LogP contribution in [0.3, 0.4) is 0 Å². The standard InChI is InChI=1S/C12H18FN3O2/c1-8(2)16(4-5-17)12(18)10-6-9(13)7-15-11(10)14-3/h6-8,17H,4-5H2,1-3H3,(H,14,15).